The van der Waals surface area contributed by atoms with Gasteiger partial charge in [0.25, 0.3) is 0 Å². The predicted octanol–water partition coefficient (Wildman–Crippen LogP) is 5.08. The number of carbonyl (C=O) groups excluding carboxylic acids is 1. The van der Waals surface area contributed by atoms with E-state index >= 15 is 0 Å². The first kappa shape index (κ1) is 23.6. The van der Waals surface area contributed by atoms with Gasteiger partial charge in [-0.15, -0.1) is 11.3 Å². The summed E-state index contributed by atoms with van der Waals surface area (Å²) in [5.41, 5.74) is 5.26. The highest BCUT2D eigenvalue weighted by molar-refractivity contribution is 7.89. The highest BCUT2D eigenvalue weighted by Crippen LogP contribution is 2.29. The Morgan fingerprint density at radius 1 is 1.03 bits per heavy atom. The SMILES string of the molecule is Cc1cc(C)c(S(=O)(=O)N2CCC(C(=O)Nc3ccc(-c4csc(C)n4)cc3)CC2)c(C)c1. The number of nitrogens with one attached hydrogen (secondary N) is 1. The van der Waals surface area contributed by atoms with Crippen LogP contribution in [0.4, 0.5) is 5.69 Å². The summed E-state index contributed by atoms with van der Waals surface area (Å²) < 4.78 is 28.1. The third-order valence-corrected chi connectivity index (χ3v) is 9.07. The second kappa shape index (κ2) is 9.37. The van der Waals surface area contributed by atoms with E-state index in [1.54, 1.807) is 11.3 Å². The first-order valence-corrected chi connectivity index (χ1v) is 13.4. The number of hydrogen-bond donors (Lipinski definition) is 1. The van der Waals surface area contributed by atoms with E-state index in [9.17, 15) is 13.2 Å². The summed E-state index contributed by atoms with van der Waals surface area (Å²) in [4.78, 5) is 17.7. The number of benzene rings is 2. The van der Waals surface area contributed by atoms with Crippen molar-refractivity contribution in [3.05, 3.63) is 63.5 Å². The molecule has 3 aromatic rings. The van der Waals surface area contributed by atoms with Gasteiger partial charge in [0, 0.05) is 35.6 Å². The van der Waals surface area contributed by atoms with E-state index in [1.165, 1.54) is 4.31 Å². The smallest absolute Gasteiger partial charge is 0.243 e. The number of rotatable bonds is 5. The maximum Gasteiger partial charge on any atom is 0.243 e. The largest absolute Gasteiger partial charge is 0.326 e. The third-order valence-electron chi connectivity index (χ3n) is 6.09. The Morgan fingerprint density at radius 2 is 1.64 bits per heavy atom. The van der Waals surface area contributed by atoms with Crippen LogP contribution in [0.1, 0.15) is 34.5 Å². The van der Waals surface area contributed by atoms with Crippen molar-refractivity contribution in [3.8, 4) is 11.3 Å². The molecule has 2 aromatic carbocycles. The third kappa shape index (κ3) is 5.03. The topological polar surface area (TPSA) is 79.4 Å². The van der Waals surface area contributed by atoms with Gasteiger partial charge in [-0.2, -0.15) is 4.31 Å². The van der Waals surface area contributed by atoms with E-state index in [-0.39, 0.29) is 11.8 Å². The molecule has 0 unspecified atom stereocenters. The van der Waals surface area contributed by atoms with Crippen LogP contribution in [0.15, 0.2) is 46.7 Å². The van der Waals surface area contributed by atoms with Crippen LogP contribution >= 0.6 is 11.3 Å². The van der Waals surface area contributed by atoms with E-state index < -0.39 is 10.0 Å². The number of amides is 1. The lowest BCUT2D eigenvalue weighted by molar-refractivity contribution is -0.120. The lowest BCUT2D eigenvalue weighted by Crippen LogP contribution is -2.41. The standard InChI is InChI=1S/C25H29N3O3S2/c1-16-13-17(2)24(18(3)14-16)33(30,31)28-11-9-21(10-12-28)25(29)27-22-7-5-20(6-8-22)23-15-32-19(4)26-23/h5-8,13-15,21H,9-12H2,1-4H3,(H,27,29). The fraction of sp³-hybridized carbons (Fsp3) is 0.360. The fourth-order valence-electron chi connectivity index (χ4n) is 4.53. The Hall–Kier alpha value is -2.55. The summed E-state index contributed by atoms with van der Waals surface area (Å²) in [5, 5.41) is 6.02. The molecule has 6 nitrogen and oxygen atoms in total. The number of sulfonamides is 1. The first-order chi connectivity index (χ1) is 15.6. The van der Waals surface area contributed by atoms with Crippen molar-refractivity contribution < 1.29 is 13.2 Å². The summed E-state index contributed by atoms with van der Waals surface area (Å²) in [6.07, 6.45) is 1.01. The Bertz CT molecular complexity index is 1250. The molecule has 0 radical (unpaired) electrons. The van der Waals surface area contributed by atoms with Gasteiger partial charge in [0.1, 0.15) is 0 Å². The molecule has 0 atom stereocenters. The molecule has 0 saturated carbocycles. The van der Waals surface area contributed by atoms with E-state index in [1.807, 2.05) is 69.5 Å². The summed E-state index contributed by atoms with van der Waals surface area (Å²) in [6, 6.07) is 11.5. The molecule has 174 valence electrons. The van der Waals surface area contributed by atoms with Gasteiger partial charge in [0.15, 0.2) is 0 Å². The minimum Gasteiger partial charge on any atom is -0.326 e. The number of nitrogens with zero attached hydrogens (tertiary/aromatic N) is 2. The van der Waals surface area contributed by atoms with E-state index in [0.29, 0.717) is 30.8 Å². The van der Waals surface area contributed by atoms with Gasteiger partial charge in [0.05, 0.1) is 15.6 Å². The molecule has 0 aliphatic carbocycles. The summed E-state index contributed by atoms with van der Waals surface area (Å²) >= 11 is 1.61. The van der Waals surface area contributed by atoms with Crippen LogP contribution in [-0.4, -0.2) is 36.7 Å². The minimum absolute atomic E-state index is 0.0630. The summed E-state index contributed by atoms with van der Waals surface area (Å²) in [6.45, 7) is 8.31. The van der Waals surface area contributed by atoms with Gasteiger partial charge >= 0.3 is 0 Å². The lowest BCUT2D eigenvalue weighted by Gasteiger charge is -2.31. The van der Waals surface area contributed by atoms with Gasteiger partial charge in [-0.1, -0.05) is 29.8 Å². The van der Waals surface area contributed by atoms with Crippen molar-refractivity contribution in [1.29, 1.82) is 0 Å². The molecule has 8 heteroatoms. The number of aromatic nitrogens is 1. The number of thiazole rings is 1. The number of piperidine rings is 1. The van der Waals surface area contributed by atoms with Gasteiger partial charge in [0.2, 0.25) is 15.9 Å². The molecule has 1 saturated heterocycles. The Labute approximate surface area is 199 Å². The first-order valence-electron chi connectivity index (χ1n) is 11.1. The average molecular weight is 484 g/mol. The highest BCUT2D eigenvalue weighted by atomic mass is 32.2. The molecule has 2 heterocycles. The molecular formula is C25H29N3O3S2. The Balaban J connectivity index is 1.38. The maximum atomic E-state index is 13.3. The number of anilines is 1. The van der Waals surface area contributed by atoms with E-state index in [4.69, 9.17) is 0 Å². The quantitative estimate of drug-likeness (QED) is 0.549. The average Bonchev–Trinajstić information content (AvgIpc) is 3.19. The van der Waals surface area contributed by atoms with Crippen molar-refractivity contribution in [2.24, 2.45) is 5.92 Å². The lowest BCUT2D eigenvalue weighted by atomic mass is 9.97. The van der Waals surface area contributed by atoms with Crippen molar-refractivity contribution in [2.75, 3.05) is 18.4 Å². The van der Waals surface area contributed by atoms with Gasteiger partial charge < -0.3 is 5.32 Å². The molecule has 1 aliphatic heterocycles. The molecule has 0 bridgehead atoms. The molecule has 1 amide bonds. The molecule has 0 spiro atoms. The minimum atomic E-state index is -3.58. The fourth-order valence-corrected chi connectivity index (χ4v) is 7.03. The summed E-state index contributed by atoms with van der Waals surface area (Å²) in [7, 11) is -3.58. The zero-order chi connectivity index (χ0) is 23.8. The number of aryl methyl sites for hydroxylation is 4. The van der Waals surface area contributed by atoms with Crippen molar-refractivity contribution in [2.45, 2.75) is 45.4 Å². The Morgan fingerprint density at radius 3 is 2.18 bits per heavy atom. The predicted molar refractivity (Wildman–Crippen MR) is 133 cm³/mol. The second-order valence-electron chi connectivity index (χ2n) is 8.72. The van der Waals surface area contributed by atoms with Gasteiger partial charge in [-0.05, 0) is 63.8 Å². The maximum absolute atomic E-state index is 13.3. The van der Waals surface area contributed by atoms with Crippen LogP contribution in [0.25, 0.3) is 11.3 Å². The van der Waals surface area contributed by atoms with Crippen molar-refractivity contribution in [3.63, 3.8) is 0 Å². The van der Waals surface area contributed by atoms with Crippen LogP contribution in [-0.2, 0) is 14.8 Å². The summed E-state index contributed by atoms with van der Waals surface area (Å²) in [5.74, 6) is -0.274. The van der Waals surface area contributed by atoms with Crippen molar-refractivity contribution >= 4 is 33.0 Å². The molecule has 4 rings (SSSR count). The molecule has 33 heavy (non-hydrogen) atoms. The van der Waals surface area contributed by atoms with E-state index in [0.717, 1.165) is 38.6 Å². The van der Waals surface area contributed by atoms with Crippen molar-refractivity contribution in [1.82, 2.24) is 9.29 Å². The molecule has 1 aliphatic rings. The zero-order valence-corrected chi connectivity index (χ0v) is 21.0. The van der Waals surface area contributed by atoms with Crippen LogP contribution in [0.2, 0.25) is 0 Å². The number of carbonyl (C=O) groups is 1. The zero-order valence-electron chi connectivity index (χ0n) is 19.4. The Kier molecular flexibility index (Phi) is 6.70. The second-order valence-corrected chi connectivity index (χ2v) is 11.7. The van der Waals surface area contributed by atoms with E-state index in [2.05, 4.69) is 10.3 Å². The van der Waals surface area contributed by atoms with Crippen LogP contribution < -0.4 is 5.32 Å². The molecule has 1 fully saturated rings. The highest BCUT2D eigenvalue weighted by Gasteiger charge is 2.33. The molecule has 1 aromatic heterocycles. The number of hydrogen-bond acceptors (Lipinski definition) is 5. The van der Waals surface area contributed by atoms with Crippen LogP contribution in [0.3, 0.4) is 0 Å². The van der Waals surface area contributed by atoms with Crippen LogP contribution in [0, 0.1) is 33.6 Å². The van der Waals surface area contributed by atoms with Gasteiger partial charge in [-0.3, -0.25) is 4.79 Å². The molecular weight excluding hydrogens is 454 g/mol. The molecule has 1 N–H and O–H groups in total. The normalized spacial score (nSPS) is 15.5. The monoisotopic (exact) mass is 483 g/mol. The van der Waals surface area contributed by atoms with Crippen LogP contribution in [0.5, 0.6) is 0 Å². The van der Waals surface area contributed by atoms with Gasteiger partial charge in [-0.25, -0.2) is 13.4 Å².